The Labute approximate surface area is 109 Å². The smallest absolute Gasteiger partial charge is 0.337 e. The van der Waals surface area contributed by atoms with Crippen molar-refractivity contribution in [3.8, 4) is 6.07 Å². The van der Waals surface area contributed by atoms with Gasteiger partial charge in [-0.15, -0.1) is 0 Å². The maximum atomic E-state index is 11.4. The Balaban J connectivity index is 3.12. The number of hydrogen-bond acceptors (Lipinski definition) is 6. The molecule has 1 rings (SSSR count). The molecule has 7 nitrogen and oxygen atoms in total. The number of methoxy groups -OCH3 is 1. The van der Waals surface area contributed by atoms with Crippen molar-refractivity contribution in [1.29, 1.82) is 5.26 Å². The number of carbonyl (C=O) groups excluding carboxylic acids is 1. The molecule has 0 aromatic heterocycles. The highest BCUT2D eigenvalue weighted by molar-refractivity contribution is 5.91. The van der Waals surface area contributed by atoms with Crippen molar-refractivity contribution in [1.82, 2.24) is 0 Å². The molecule has 0 aliphatic rings. The molecule has 0 unspecified atom stereocenters. The van der Waals surface area contributed by atoms with Crippen LogP contribution >= 0.6 is 0 Å². The van der Waals surface area contributed by atoms with Crippen molar-refractivity contribution in [3.63, 3.8) is 0 Å². The fourth-order valence-electron chi connectivity index (χ4n) is 1.51. The normalized spacial score (nSPS) is 11.2. The first-order valence-electron chi connectivity index (χ1n) is 5.49. The number of carbonyl (C=O) groups is 1. The van der Waals surface area contributed by atoms with Gasteiger partial charge in [-0.25, -0.2) is 4.79 Å². The third-order valence-corrected chi connectivity index (χ3v) is 2.41. The van der Waals surface area contributed by atoms with E-state index in [-0.39, 0.29) is 29.4 Å². The van der Waals surface area contributed by atoms with E-state index < -0.39 is 10.9 Å². The highest BCUT2D eigenvalue weighted by Gasteiger charge is 2.18. The summed E-state index contributed by atoms with van der Waals surface area (Å²) in [4.78, 5) is 21.7. The molecule has 100 valence electrons. The molecule has 0 heterocycles. The fraction of sp³-hybridized carbons (Fsp3) is 0.333. The van der Waals surface area contributed by atoms with Gasteiger partial charge in [0.1, 0.15) is 5.69 Å². The summed E-state index contributed by atoms with van der Waals surface area (Å²) in [5.74, 6) is -0.578. The maximum absolute atomic E-state index is 11.4. The monoisotopic (exact) mass is 263 g/mol. The first-order valence-corrected chi connectivity index (χ1v) is 5.49. The Bertz CT molecular complexity index is 536. The SMILES string of the molecule is COC(=O)c1ccc([N+](=O)[O-])c(N[C@@H](C)CC#N)c1. The minimum atomic E-state index is -0.578. The second-order valence-electron chi connectivity index (χ2n) is 3.89. The Morgan fingerprint density at radius 3 is 2.84 bits per heavy atom. The molecule has 19 heavy (non-hydrogen) atoms. The van der Waals surface area contributed by atoms with E-state index in [2.05, 4.69) is 10.1 Å². The molecule has 0 aliphatic carbocycles. The van der Waals surface area contributed by atoms with Gasteiger partial charge >= 0.3 is 5.97 Å². The molecule has 0 amide bonds. The lowest BCUT2D eigenvalue weighted by atomic mass is 10.1. The van der Waals surface area contributed by atoms with Crippen molar-refractivity contribution in [3.05, 3.63) is 33.9 Å². The molecule has 0 saturated carbocycles. The van der Waals surface area contributed by atoms with E-state index in [0.717, 1.165) is 0 Å². The lowest BCUT2D eigenvalue weighted by Crippen LogP contribution is -2.16. The van der Waals surface area contributed by atoms with Gasteiger partial charge in [-0.3, -0.25) is 10.1 Å². The molecule has 7 heteroatoms. The van der Waals surface area contributed by atoms with Crippen LogP contribution in [0.15, 0.2) is 18.2 Å². The summed E-state index contributed by atoms with van der Waals surface area (Å²) in [5, 5.41) is 22.3. The first kappa shape index (κ1) is 14.4. The minimum absolute atomic E-state index is 0.155. The van der Waals surface area contributed by atoms with Gasteiger partial charge in [0.15, 0.2) is 0 Å². The highest BCUT2D eigenvalue weighted by Crippen LogP contribution is 2.26. The summed E-state index contributed by atoms with van der Waals surface area (Å²) < 4.78 is 4.56. The largest absolute Gasteiger partial charge is 0.465 e. The second-order valence-corrected chi connectivity index (χ2v) is 3.89. The summed E-state index contributed by atoms with van der Waals surface area (Å²) in [6, 6.07) is 5.59. The second kappa shape index (κ2) is 6.35. The summed E-state index contributed by atoms with van der Waals surface area (Å²) in [6.07, 6.45) is 0.194. The molecule has 1 aromatic rings. The molecular formula is C12H13N3O4. The topological polar surface area (TPSA) is 105 Å². The zero-order valence-electron chi connectivity index (χ0n) is 10.5. The van der Waals surface area contributed by atoms with Crippen molar-refractivity contribution in [2.45, 2.75) is 19.4 Å². The average molecular weight is 263 g/mol. The average Bonchev–Trinajstić information content (AvgIpc) is 2.37. The Hall–Kier alpha value is -2.62. The number of nitro benzene ring substituents is 1. The standard InChI is InChI=1S/C12H13N3O4/c1-8(5-6-13)14-10-7-9(12(16)19-2)3-4-11(10)15(17)18/h3-4,7-8,14H,5H2,1-2H3/t8-/m0/s1. The van der Waals surface area contributed by atoms with Crippen LogP contribution in [0.5, 0.6) is 0 Å². The lowest BCUT2D eigenvalue weighted by molar-refractivity contribution is -0.384. The molecule has 0 radical (unpaired) electrons. The van der Waals surface area contributed by atoms with Crippen LogP contribution in [0.1, 0.15) is 23.7 Å². The molecule has 0 saturated heterocycles. The van der Waals surface area contributed by atoms with Crippen LogP contribution in [0.4, 0.5) is 11.4 Å². The molecular weight excluding hydrogens is 250 g/mol. The van der Waals surface area contributed by atoms with Crippen LogP contribution in [-0.2, 0) is 4.74 Å². The number of hydrogen-bond donors (Lipinski definition) is 1. The number of benzene rings is 1. The number of nitrogens with zero attached hydrogens (tertiary/aromatic N) is 2. The van der Waals surface area contributed by atoms with E-state index in [4.69, 9.17) is 5.26 Å². The predicted octanol–water partition coefficient (Wildman–Crippen LogP) is 2.10. The molecule has 1 N–H and O–H groups in total. The number of rotatable bonds is 5. The van der Waals surface area contributed by atoms with Gasteiger partial charge in [-0.05, 0) is 19.1 Å². The van der Waals surface area contributed by atoms with Gasteiger partial charge < -0.3 is 10.1 Å². The van der Waals surface area contributed by atoms with Crippen molar-refractivity contribution in [2.24, 2.45) is 0 Å². The molecule has 0 fully saturated rings. The third kappa shape index (κ3) is 3.67. The van der Waals surface area contributed by atoms with Gasteiger partial charge in [-0.1, -0.05) is 0 Å². The number of anilines is 1. The van der Waals surface area contributed by atoms with E-state index in [9.17, 15) is 14.9 Å². The Morgan fingerprint density at radius 1 is 1.63 bits per heavy atom. The number of ether oxygens (including phenoxy) is 1. The van der Waals surface area contributed by atoms with E-state index in [1.165, 1.54) is 25.3 Å². The van der Waals surface area contributed by atoms with Gasteiger partial charge in [0.25, 0.3) is 5.69 Å². The van der Waals surface area contributed by atoms with Crippen LogP contribution in [0, 0.1) is 21.4 Å². The highest BCUT2D eigenvalue weighted by atomic mass is 16.6. The van der Waals surface area contributed by atoms with Gasteiger partial charge in [0.05, 0.1) is 30.1 Å². The molecule has 1 atom stereocenters. The minimum Gasteiger partial charge on any atom is -0.465 e. The van der Waals surface area contributed by atoms with Crippen molar-refractivity contribution >= 4 is 17.3 Å². The van der Waals surface area contributed by atoms with Crippen LogP contribution in [-0.4, -0.2) is 24.0 Å². The van der Waals surface area contributed by atoms with Gasteiger partial charge in [0, 0.05) is 12.1 Å². The Kier molecular flexibility index (Phi) is 4.83. The van der Waals surface area contributed by atoms with Gasteiger partial charge in [0.2, 0.25) is 0 Å². The quantitative estimate of drug-likeness (QED) is 0.495. The molecule has 0 bridgehead atoms. The molecule has 0 aliphatic heterocycles. The fourth-order valence-corrected chi connectivity index (χ4v) is 1.51. The van der Waals surface area contributed by atoms with Crippen LogP contribution in [0.3, 0.4) is 0 Å². The zero-order valence-corrected chi connectivity index (χ0v) is 10.5. The van der Waals surface area contributed by atoms with E-state index in [1.807, 2.05) is 6.07 Å². The summed E-state index contributed by atoms with van der Waals surface area (Å²) >= 11 is 0. The summed E-state index contributed by atoms with van der Waals surface area (Å²) in [7, 11) is 1.23. The van der Waals surface area contributed by atoms with Crippen LogP contribution < -0.4 is 5.32 Å². The number of nitriles is 1. The van der Waals surface area contributed by atoms with Crippen LogP contribution in [0.25, 0.3) is 0 Å². The van der Waals surface area contributed by atoms with Crippen molar-refractivity contribution < 1.29 is 14.5 Å². The maximum Gasteiger partial charge on any atom is 0.337 e. The molecule has 1 aromatic carbocycles. The number of esters is 1. The van der Waals surface area contributed by atoms with Crippen molar-refractivity contribution in [2.75, 3.05) is 12.4 Å². The third-order valence-electron chi connectivity index (χ3n) is 2.41. The van der Waals surface area contributed by atoms with E-state index in [1.54, 1.807) is 6.92 Å². The zero-order chi connectivity index (χ0) is 14.4. The lowest BCUT2D eigenvalue weighted by Gasteiger charge is -2.12. The van der Waals surface area contributed by atoms with Crippen LogP contribution in [0.2, 0.25) is 0 Å². The Morgan fingerprint density at radius 2 is 2.32 bits per heavy atom. The summed E-state index contributed by atoms with van der Waals surface area (Å²) in [6.45, 7) is 1.72. The first-order chi connectivity index (χ1) is 8.99. The van der Waals surface area contributed by atoms with E-state index in [0.29, 0.717) is 0 Å². The van der Waals surface area contributed by atoms with E-state index >= 15 is 0 Å². The van der Waals surface area contributed by atoms with Gasteiger partial charge in [-0.2, -0.15) is 5.26 Å². The number of nitro groups is 1. The summed E-state index contributed by atoms with van der Waals surface area (Å²) in [5.41, 5.74) is 0.243. The predicted molar refractivity (Wildman–Crippen MR) is 67.8 cm³/mol. The molecule has 0 spiro atoms. The number of nitrogens with one attached hydrogen (secondary N) is 1.